The summed E-state index contributed by atoms with van der Waals surface area (Å²) in [5, 5.41) is 16.2. The number of likely N-dealkylation sites (tertiary alicyclic amines) is 1. The zero-order chi connectivity index (χ0) is 20.9. The minimum absolute atomic E-state index is 0.107. The van der Waals surface area contributed by atoms with E-state index in [1.807, 2.05) is 30.3 Å². The van der Waals surface area contributed by atoms with Crippen molar-refractivity contribution in [3.63, 3.8) is 0 Å². The fourth-order valence-electron chi connectivity index (χ4n) is 3.85. The first kappa shape index (κ1) is 18.3. The van der Waals surface area contributed by atoms with Gasteiger partial charge in [0.15, 0.2) is 5.76 Å². The van der Waals surface area contributed by atoms with Crippen LogP contribution in [0.4, 0.5) is 0 Å². The molecule has 8 heteroatoms. The number of aliphatic hydroxyl groups is 1. The lowest BCUT2D eigenvalue weighted by Crippen LogP contribution is -2.35. The average Bonchev–Trinajstić information content (AvgIpc) is 3.36. The van der Waals surface area contributed by atoms with Crippen LogP contribution in [0.5, 0.6) is 0 Å². The summed E-state index contributed by atoms with van der Waals surface area (Å²) in [6.45, 7) is 0.444. The van der Waals surface area contributed by atoms with Gasteiger partial charge in [-0.25, -0.2) is 4.98 Å². The number of carbonyl (C=O) groups is 1. The van der Waals surface area contributed by atoms with E-state index in [1.54, 1.807) is 31.4 Å². The minimum Gasteiger partial charge on any atom is -0.373 e. The van der Waals surface area contributed by atoms with Crippen molar-refractivity contribution >= 4 is 16.7 Å². The van der Waals surface area contributed by atoms with Gasteiger partial charge in [0.25, 0.3) is 11.5 Å². The molecule has 0 bridgehead atoms. The van der Waals surface area contributed by atoms with Crippen LogP contribution in [-0.2, 0) is 10.4 Å². The summed E-state index contributed by atoms with van der Waals surface area (Å²) < 4.78 is 5.32. The molecule has 1 aliphatic rings. The number of aromatic nitrogens is 3. The third kappa shape index (κ3) is 2.73. The lowest BCUT2D eigenvalue weighted by atomic mass is 9.98. The highest BCUT2D eigenvalue weighted by molar-refractivity contribution is 5.95. The summed E-state index contributed by atoms with van der Waals surface area (Å²) in [4.78, 5) is 33.2. The molecule has 5 rings (SSSR count). The van der Waals surface area contributed by atoms with Crippen LogP contribution in [0.25, 0.3) is 33.4 Å². The van der Waals surface area contributed by atoms with Crippen LogP contribution >= 0.6 is 0 Å². The topological polar surface area (TPSA) is 112 Å². The second-order valence-electron chi connectivity index (χ2n) is 7.40. The van der Waals surface area contributed by atoms with Crippen LogP contribution in [-0.4, -0.2) is 44.6 Å². The van der Waals surface area contributed by atoms with Gasteiger partial charge in [0.05, 0.1) is 11.4 Å². The Morgan fingerprint density at radius 1 is 1.07 bits per heavy atom. The smallest absolute Gasteiger partial charge is 0.262 e. The van der Waals surface area contributed by atoms with Crippen LogP contribution < -0.4 is 5.56 Å². The normalized spacial score (nSPS) is 19.0. The Morgan fingerprint density at radius 2 is 1.87 bits per heavy atom. The first-order chi connectivity index (χ1) is 14.5. The summed E-state index contributed by atoms with van der Waals surface area (Å²) in [5.74, 6) is -0.302. The van der Waals surface area contributed by atoms with Crippen molar-refractivity contribution in [3.8, 4) is 22.6 Å². The summed E-state index contributed by atoms with van der Waals surface area (Å²) in [6, 6.07) is 14.3. The number of hydrogen-bond donors (Lipinski definition) is 2. The van der Waals surface area contributed by atoms with Crippen LogP contribution in [0.3, 0.4) is 0 Å². The van der Waals surface area contributed by atoms with Crippen molar-refractivity contribution in [2.24, 2.45) is 0 Å². The number of fused-ring (bicyclic) bond motifs is 1. The first-order valence-electron chi connectivity index (χ1n) is 9.51. The van der Waals surface area contributed by atoms with Gasteiger partial charge in [0.1, 0.15) is 5.69 Å². The van der Waals surface area contributed by atoms with E-state index >= 15 is 0 Å². The maximum absolute atomic E-state index is 12.3. The van der Waals surface area contributed by atoms with Gasteiger partial charge in [-0.2, -0.15) is 0 Å². The zero-order valence-electron chi connectivity index (χ0n) is 16.1. The number of amides is 1. The number of likely N-dealkylation sites (N-methyl/N-ethyl adjacent to an activating group) is 1. The average molecular weight is 402 g/mol. The molecule has 1 aliphatic heterocycles. The zero-order valence-corrected chi connectivity index (χ0v) is 16.1. The van der Waals surface area contributed by atoms with Crippen LogP contribution in [0, 0.1) is 0 Å². The molecule has 0 aliphatic carbocycles. The van der Waals surface area contributed by atoms with E-state index in [0.717, 1.165) is 10.9 Å². The highest BCUT2D eigenvalue weighted by Crippen LogP contribution is 2.35. The third-order valence-corrected chi connectivity index (χ3v) is 5.53. The van der Waals surface area contributed by atoms with Gasteiger partial charge in [-0.05, 0) is 29.7 Å². The van der Waals surface area contributed by atoms with Crippen molar-refractivity contribution < 1.29 is 14.4 Å². The first-order valence-corrected chi connectivity index (χ1v) is 9.51. The van der Waals surface area contributed by atoms with Crippen molar-refractivity contribution in [2.45, 2.75) is 12.0 Å². The number of nitrogens with zero attached hydrogens (tertiary/aromatic N) is 3. The number of carbonyl (C=O) groups excluding carboxylic acids is 1. The molecule has 1 amide bonds. The third-order valence-electron chi connectivity index (χ3n) is 5.53. The number of benzene rings is 1. The molecule has 4 heterocycles. The van der Waals surface area contributed by atoms with E-state index in [2.05, 4.69) is 15.1 Å². The summed E-state index contributed by atoms with van der Waals surface area (Å²) in [5.41, 5.74) is 0.575. The molecule has 1 fully saturated rings. The SMILES string of the molecule is CN1CCC(O)(c2cc(-c3cccc(-c4cccc5c(=O)[nH]ccc45)n3)no2)C1=O. The largest absolute Gasteiger partial charge is 0.373 e. The maximum Gasteiger partial charge on any atom is 0.262 e. The molecule has 150 valence electrons. The lowest BCUT2D eigenvalue weighted by Gasteiger charge is -2.16. The molecule has 4 aromatic rings. The molecule has 1 unspecified atom stereocenters. The number of H-pyrrole nitrogens is 1. The van der Waals surface area contributed by atoms with Crippen molar-refractivity contribution in [3.05, 3.63) is 70.8 Å². The van der Waals surface area contributed by atoms with Gasteiger partial charge in [-0.1, -0.05) is 23.4 Å². The molecule has 0 radical (unpaired) electrons. The van der Waals surface area contributed by atoms with Gasteiger partial charge in [0.2, 0.25) is 5.60 Å². The Morgan fingerprint density at radius 3 is 2.67 bits per heavy atom. The molecule has 8 nitrogen and oxygen atoms in total. The second kappa shape index (κ2) is 6.64. The number of pyridine rings is 2. The van der Waals surface area contributed by atoms with E-state index in [-0.39, 0.29) is 17.7 Å². The van der Waals surface area contributed by atoms with Crippen molar-refractivity contribution in [2.75, 3.05) is 13.6 Å². The number of rotatable bonds is 3. The molecule has 1 atom stereocenters. The van der Waals surface area contributed by atoms with Gasteiger partial charge >= 0.3 is 0 Å². The van der Waals surface area contributed by atoms with Gasteiger partial charge in [-0.3, -0.25) is 9.59 Å². The molecule has 0 saturated carbocycles. The van der Waals surface area contributed by atoms with E-state index in [0.29, 0.717) is 29.0 Å². The fourth-order valence-corrected chi connectivity index (χ4v) is 3.85. The van der Waals surface area contributed by atoms with E-state index in [4.69, 9.17) is 4.52 Å². The molecule has 30 heavy (non-hydrogen) atoms. The van der Waals surface area contributed by atoms with Crippen LogP contribution in [0.15, 0.2) is 64.0 Å². The van der Waals surface area contributed by atoms with Crippen molar-refractivity contribution in [1.82, 2.24) is 20.0 Å². The quantitative estimate of drug-likeness (QED) is 0.544. The van der Waals surface area contributed by atoms with Gasteiger partial charge in [0, 0.05) is 43.2 Å². The highest BCUT2D eigenvalue weighted by Gasteiger charge is 2.48. The number of aromatic amines is 1. The summed E-state index contributed by atoms with van der Waals surface area (Å²) >= 11 is 0. The van der Waals surface area contributed by atoms with Crippen LogP contribution in [0.1, 0.15) is 12.2 Å². The molecule has 3 aromatic heterocycles. The second-order valence-corrected chi connectivity index (χ2v) is 7.40. The fraction of sp³-hybridized carbons (Fsp3) is 0.182. The molecule has 2 N–H and O–H groups in total. The lowest BCUT2D eigenvalue weighted by molar-refractivity contribution is -0.144. The van der Waals surface area contributed by atoms with E-state index in [9.17, 15) is 14.7 Å². The molecular formula is C22H18N4O4. The Balaban J connectivity index is 1.56. The standard InChI is InChI=1S/C22H18N4O4/c1-26-11-9-22(29,21(26)28)19-12-18(25-30-19)17-7-3-6-16(24-17)14-4-2-5-15-13(14)8-10-23-20(15)27/h2-8,10,12,29H,9,11H2,1H3,(H,23,27). The Bertz CT molecular complexity index is 1340. The maximum atomic E-state index is 12.3. The predicted octanol–water partition coefficient (Wildman–Crippen LogP) is 2.29. The summed E-state index contributed by atoms with van der Waals surface area (Å²) in [6.07, 6.45) is 1.85. The van der Waals surface area contributed by atoms with E-state index in [1.165, 1.54) is 4.90 Å². The van der Waals surface area contributed by atoms with Gasteiger partial charge < -0.3 is 19.5 Å². The molecule has 0 spiro atoms. The van der Waals surface area contributed by atoms with Crippen LogP contribution in [0.2, 0.25) is 0 Å². The highest BCUT2D eigenvalue weighted by atomic mass is 16.5. The Hall–Kier alpha value is -3.78. The molecular weight excluding hydrogens is 384 g/mol. The minimum atomic E-state index is -1.70. The Labute approximate surface area is 170 Å². The number of nitrogens with one attached hydrogen (secondary N) is 1. The van der Waals surface area contributed by atoms with Gasteiger partial charge in [-0.15, -0.1) is 0 Å². The molecule has 1 aromatic carbocycles. The predicted molar refractivity (Wildman–Crippen MR) is 109 cm³/mol. The summed E-state index contributed by atoms with van der Waals surface area (Å²) in [7, 11) is 1.64. The van der Waals surface area contributed by atoms with E-state index < -0.39 is 11.5 Å². The monoisotopic (exact) mass is 402 g/mol. The van der Waals surface area contributed by atoms with Crippen molar-refractivity contribution in [1.29, 1.82) is 0 Å². The Kier molecular flexibility index (Phi) is 4.04. The number of hydrogen-bond acceptors (Lipinski definition) is 6. The molecule has 1 saturated heterocycles.